The van der Waals surface area contributed by atoms with E-state index in [1.165, 1.54) is 29.4 Å². The largest absolute Gasteiger partial charge is 0.507 e. The van der Waals surface area contributed by atoms with Crippen molar-refractivity contribution in [2.45, 2.75) is 12.6 Å². The summed E-state index contributed by atoms with van der Waals surface area (Å²) in [5.41, 5.74) is 0.719. The molecule has 1 aliphatic heterocycles. The van der Waals surface area contributed by atoms with Crippen molar-refractivity contribution in [2.24, 2.45) is 0 Å². The molecule has 0 aliphatic carbocycles. The lowest BCUT2D eigenvalue weighted by Crippen LogP contribution is -2.29. The summed E-state index contributed by atoms with van der Waals surface area (Å²) in [4.78, 5) is 26.8. The monoisotopic (exact) mass is 377 g/mol. The van der Waals surface area contributed by atoms with Crippen LogP contribution in [-0.2, 0) is 16.1 Å². The van der Waals surface area contributed by atoms with Gasteiger partial charge in [0.2, 0.25) is 0 Å². The summed E-state index contributed by atoms with van der Waals surface area (Å²) in [7, 11) is 0. The molecule has 0 bridgehead atoms. The van der Waals surface area contributed by atoms with E-state index >= 15 is 0 Å². The van der Waals surface area contributed by atoms with Gasteiger partial charge in [-0.3, -0.25) is 9.59 Å². The molecule has 1 aromatic heterocycles. The molecule has 1 atom stereocenters. The molecule has 0 saturated carbocycles. The summed E-state index contributed by atoms with van der Waals surface area (Å²) < 4.78 is 19.2. The van der Waals surface area contributed by atoms with Gasteiger partial charge >= 0.3 is 0 Å². The maximum atomic E-state index is 13.9. The molecule has 28 heavy (non-hydrogen) atoms. The van der Waals surface area contributed by atoms with E-state index in [0.717, 1.165) is 0 Å². The number of amides is 1. The number of benzene rings is 2. The fourth-order valence-electron chi connectivity index (χ4n) is 3.39. The number of aliphatic hydroxyl groups excluding tert-OH is 1. The molecule has 6 heteroatoms. The number of rotatable bonds is 4. The first-order chi connectivity index (χ1) is 13.6. The molecule has 4 rings (SSSR count). The van der Waals surface area contributed by atoms with Crippen LogP contribution in [0.15, 0.2) is 83.0 Å². The van der Waals surface area contributed by atoms with Crippen molar-refractivity contribution in [2.75, 3.05) is 0 Å². The van der Waals surface area contributed by atoms with Crippen LogP contribution in [0, 0.1) is 5.82 Å². The van der Waals surface area contributed by atoms with E-state index < -0.39 is 23.5 Å². The van der Waals surface area contributed by atoms with Crippen LogP contribution in [0.25, 0.3) is 5.76 Å². The predicted molar refractivity (Wildman–Crippen MR) is 99.4 cm³/mol. The molecule has 3 aromatic rings. The first-order valence-corrected chi connectivity index (χ1v) is 8.68. The average Bonchev–Trinajstić information content (AvgIpc) is 3.30. The topological polar surface area (TPSA) is 70.8 Å². The molecule has 1 unspecified atom stereocenters. The number of nitrogens with zero attached hydrogens (tertiary/aromatic N) is 1. The number of hydrogen-bond donors (Lipinski definition) is 1. The number of hydrogen-bond acceptors (Lipinski definition) is 4. The van der Waals surface area contributed by atoms with Crippen LogP contribution in [-0.4, -0.2) is 21.7 Å². The van der Waals surface area contributed by atoms with Gasteiger partial charge in [-0.15, -0.1) is 0 Å². The van der Waals surface area contributed by atoms with Crippen molar-refractivity contribution in [1.29, 1.82) is 0 Å². The van der Waals surface area contributed by atoms with Gasteiger partial charge in [0, 0.05) is 5.56 Å². The molecule has 5 nitrogen and oxygen atoms in total. The summed E-state index contributed by atoms with van der Waals surface area (Å²) in [5, 5.41) is 10.8. The van der Waals surface area contributed by atoms with Crippen molar-refractivity contribution < 1.29 is 23.5 Å². The molecule has 2 heterocycles. The van der Waals surface area contributed by atoms with Crippen molar-refractivity contribution >= 4 is 17.4 Å². The highest BCUT2D eigenvalue weighted by molar-refractivity contribution is 6.46. The summed E-state index contributed by atoms with van der Waals surface area (Å²) in [5.74, 6) is -1.91. The first kappa shape index (κ1) is 17.7. The lowest BCUT2D eigenvalue weighted by molar-refractivity contribution is -0.140. The minimum Gasteiger partial charge on any atom is -0.507 e. The molecule has 2 aromatic carbocycles. The van der Waals surface area contributed by atoms with Gasteiger partial charge in [-0.05, 0) is 29.8 Å². The summed E-state index contributed by atoms with van der Waals surface area (Å²) >= 11 is 0. The Kier molecular flexibility index (Phi) is 4.53. The number of halogens is 1. The van der Waals surface area contributed by atoms with E-state index in [1.54, 1.807) is 48.5 Å². The Balaban J connectivity index is 1.88. The van der Waals surface area contributed by atoms with Gasteiger partial charge in [0.25, 0.3) is 11.7 Å². The van der Waals surface area contributed by atoms with E-state index in [1.807, 2.05) is 0 Å². The normalized spacial score (nSPS) is 18.6. The Morgan fingerprint density at radius 2 is 1.82 bits per heavy atom. The van der Waals surface area contributed by atoms with Crippen molar-refractivity contribution in [1.82, 2.24) is 4.90 Å². The van der Waals surface area contributed by atoms with Gasteiger partial charge in [0.05, 0.1) is 24.4 Å². The maximum Gasteiger partial charge on any atom is 0.296 e. The predicted octanol–water partition coefficient (Wildman–Crippen LogP) is 4.04. The highest BCUT2D eigenvalue weighted by Gasteiger charge is 2.46. The Morgan fingerprint density at radius 1 is 1.04 bits per heavy atom. The van der Waals surface area contributed by atoms with E-state index in [0.29, 0.717) is 16.9 Å². The highest BCUT2D eigenvalue weighted by atomic mass is 19.1. The highest BCUT2D eigenvalue weighted by Crippen LogP contribution is 2.40. The summed E-state index contributed by atoms with van der Waals surface area (Å²) in [6.45, 7) is 0.0182. The van der Waals surface area contributed by atoms with Gasteiger partial charge in [0.15, 0.2) is 0 Å². The average molecular weight is 377 g/mol. The smallest absolute Gasteiger partial charge is 0.296 e. The van der Waals surface area contributed by atoms with Gasteiger partial charge < -0.3 is 14.4 Å². The quantitative estimate of drug-likeness (QED) is 0.423. The third-order valence-corrected chi connectivity index (χ3v) is 4.66. The van der Waals surface area contributed by atoms with Crippen LogP contribution in [0.3, 0.4) is 0 Å². The number of furan rings is 1. The third-order valence-electron chi connectivity index (χ3n) is 4.66. The fraction of sp³-hybridized carbons (Fsp3) is 0.0909. The van der Waals surface area contributed by atoms with Crippen molar-refractivity contribution in [3.05, 3.63) is 101 Å². The number of likely N-dealkylation sites (tertiary alicyclic amines) is 1. The molecule has 0 radical (unpaired) electrons. The SMILES string of the molecule is O=C1C(=O)N(Cc2ccco2)C(c2cccc(F)c2)/C1=C(/O)c1ccccc1. The van der Waals surface area contributed by atoms with Crippen LogP contribution in [0.1, 0.15) is 22.9 Å². The van der Waals surface area contributed by atoms with Crippen molar-refractivity contribution in [3.63, 3.8) is 0 Å². The van der Waals surface area contributed by atoms with Gasteiger partial charge in [-0.2, -0.15) is 0 Å². The Labute approximate surface area is 160 Å². The fourth-order valence-corrected chi connectivity index (χ4v) is 3.39. The summed E-state index contributed by atoms with van der Waals surface area (Å²) in [6, 6.07) is 16.5. The van der Waals surface area contributed by atoms with Gasteiger partial charge in [0.1, 0.15) is 17.3 Å². The van der Waals surface area contributed by atoms with Crippen LogP contribution in [0.4, 0.5) is 4.39 Å². The second-order valence-corrected chi connectivity index (χ2v) is 6.43. The number of carbonyl (C=O) groups is 2. The van der Waals surface area contributed by atoms with Crippen LogP contribution in [0.5, 0.6) is 0 Å². The minimum absolute atomic E-state index is 0.0182. The standard InChI is InChI=1S/C22H16FNO4/c23-16-9-4-8-15(12-16)19-18(20(25)14-6-2-1-3-7-14)21(26)22(27)24(19)13-17-10-5-11-28-17/h1-12,19,25H,13H2/b20-18-. The molecular weight excluding hydrogens is 361 g/mol. The zero-order chi connectivity index (χ0) is 19.7. The zero-order valence-corrected chi connectivity index (χ0v) is 14.7. The second-order valence-electron chi connectivity index (χ2n) is 6.43. The lowest BCUT2D eigenvalue weighted by Gasteiger charge is -2.24. The number of carbonyl (C=O) groups excluding carboxylic acids is 2. The molecule has 1 N–H and O–H groups in total. The molecular formula is C22H16FNO4. The Hall–Kier alpha value is -3.67. The molecule has 1 aliphatic rings. The van der Waals surface area contributed by atoms with Crippen LogP contribution < -0.4 is 0 Å². The van der Waals surface area contributed by atoms with E-state index in [9.17, 15) is 19.1 Å². The van der Waals surface area contributed by atoms with Crippen LogP contribution in [0.2, 0.25) is 0 Å². The molecule has 140 valence electrons. The van der Waals surface area contributed by atoms with E-state index in [2.05, 4.69) is 0 Å². The molecule has 1 amide bonds. The Bertz CT molecular complexity index is 1060. The van der Waals surface area contributed by atoms with Crippen molar-refractivity contribution in [3.8, 4) is 0 Å². The maximum absolute atomic E-state index is 13.9. The second kappa shape index (κ2) is 7.15. The summed E-state index contributed by atoms with van der Waals surface area (Å²) in [6.07, 6.45) is 1.47. The number of ketones is 1. The Morgan fingerprint density at radius 3 is 2.50 bits per heavy atom. The molecule has 0 spiro atoms. The molecule has 1 saturated heterocycles. The zero-order valence-electron chi connectivity index (χ0n) is 14.7. The van der Waals surface area contributed by atoms with Crippen LogP contribution >= 0.6 is 0 Å². The number of Topliss-reactive ketones (excluding diaryl/α,β-unsaturated/α-hetero) is 1. The molecule has 1 fully saturated rings. The van der Waals surface area contributed by atoms with E-state index in [-0.39, 0.29) is 17.9 Å². The third kappa shape index (κ3) is 3.09. The minimum atomic E-state index is -0.930. The van der Waals surface area contributed by atoms with E-state index in [4.69, 9.17) is 4.42 Å². The first-order valence-electron chi connectivity index (χ1n) is 8.68. The van der Waals surface area contributed by atoms with Gasteiger partial charge in [-0.25, -0.2) is 4.39 Å². The number of aliphatic hydroxyl groups is 1. The lowest BCUT2D eigenvalue weighted by atomic mass is 9.95. The van der Waals surface area contributed by atoms with Gasteiger partial charge in [-0.1, -0.05) is 42.5 Å².